The monoisotopic (exact) mass is 495 g/mol. The van der Waals surface area contributed by atoms with E-state index in [0.717, 1.165) is 50.4 Å². The Labute approximate surface area is 215 Å². The number of anilines is 2. The van der Waals surface area contributed by atoms with Gasteiger partial charge in [0.25, 0.3) is 11.6 Å². The van der Waals surface area contributed by atoms with Crippen molar-refractivity contribution in [2.45, 2.75) is 32.4 Å². The van der Waals surface area contributed by atoms with Gasteiger partial charge in [0.05, 0.1) is 16.2 Å². The number of nitrogens with one attached hydrogen (secondary N) is 3. The quantitative estimate of drug-likeness (QED) is 0.259. The molecule has 0 atom stereocenters. The van der Waals surface area contributed by atoms with E-state index in [2.05, 4.69) is 45.1 Å². The number of carbonyl (C=O) groups excluding carboxylic acids is 1. The minimum Gasteiger partial charge on any atom is -0.354 e. The van der Waals surface area contributed by atoms with Gasteiger partial charge >= 0.3 is 0 Å². The van der Waals surface area contributed by atoms with Crippen molar-refractivity contribution >= 4 is 34.2 Å². The van der Waals surface area contributed by atoms with Crippen molar-refractivity contribution in [1.29, 1.82) is 0 Å². The molecule has 1 amide bonds. The Morgan fingerprint density at radius 2 is 1.81 bits per heavy atom. The largest absolute Gasteiger partial charge is 0.354 e. The van der Waals surface area contributed by atoms with Crippen LogP contribution >= 0.6 is 0 Å². The number of rotatable bonds is 6. The maximum absolute atomic E-state index is 13.3. The van der Waals surface area contributed by atoms with Crippen molar-refractivity contribution in [2.24, 2.45) is 0 Å². The Hall–Kier alpha value is -4.01. The van der Waals surface area contributed by atoms with Gasteiger partial charge in [0, 0.05) is 42.2 Å². The Morgan fingerprint density at radius 1 is 1.00 bits per heavy atom. The standard InChI is InChI=1S/C29H29N5O3/c35-29-27(25-16-24(34(36)37)9-10-26(25)32-29)28(31-23-8-7-22-17-30-12-11-21(22)15-23)20-5-3-19(4-6-20)18-33-13-1-2-14-33/h3-10,15-16,30-31H,1-2,11-14,17-18H2,(H,32,35). The molecule has 0 bridgehead atoms. The van der Waals surface area contributed by atoms with E-state index in [4.69, 9.17) is 0 Å². The highest BCUT2D eigenvalue weighted by Crippen LogP contribution is 2.39. The molecule has 3 aromatic rings. The number of nitro benzene ring substituents is 1. The van der Waals surface area contributed by atoms with Crippen LogP contribution in [-0.2, 0) is 24.3 Å². The molecule has 6 rings (SSSR count). The number of hydrogen-bond donors (Lipinski definition) is 3. The predicted molar refractivity (Wildman–Crippen MR) is 145 cm³/mol. The van der Waals surface area contributed by atoms with Crippen LogP contribution in [0.2, 0.25) is 0 Å². The zero-order valence-electron chi connectivity index (χ0n) is 20.5. The molecule has 0 spiro atoms. The van der Waals surface area contributed by atoms with E-state index >= 15 is 0 Å². The van der Waals surface area contributed by atoms with Crippen molar-refractivity contribution in [3.63, 3.8) is 0 Å². The summed E-state index contributed by atoms with van der Waals surface area (Å²) in [6.45, 7) is 4.95. The Morgan fingerprint density at radius 3 is 2.59 bits per heavy atom. The summed E-state index contributed by atoms with van der Waals surface area (Å²) in [4.78, 5) is 26.8. The molecule has 0 radical (unpaired) electrons. The van der Waals surface area contributed by atoms with Crippen LogP contribution in [0.5, 0.6) is 0 Å². The molecule has 37 heavy (non-hydrogen) atoms. The molecule has 3 aliphatic rings. The molecule has 3 aliphatic heterocycles. The van der Waals surface area contributed by atoms with Crippen LogP contribution in [0, 0.1) is 10.1 Å². The maximum atomic E-state index is 13.3. The summed E-state index contributed by atoms with van der Waals surface area (Å²) in [6, 6.07) is 19.0. The second kappa shape index (κ2) is 9.80. The molecular weight excluding hydrogens is 466 g/mol. The number of nitrogens with zero attached hydrogens (tertiary/aromatic N) is 2. The normalized spacial score (nSPS) is 18.2. The van der Waals surface area contributed by atoms with E-state index in [9.17, 15) is 14.9 Å². The van der Waals surface area contributed by atoms with Crippen LogP contribution in [0.3, 0.4) is 0 Å². The van der Waals surface area contributed by atoms with E-state index in [1.165, 1.54) is 41.7 Å². The molecule has 0 unspecified atom stereocenters. The number of amides is 1. The summed E-state index contributed by atoms with van der Waals surface area (Å²) >= 11 is 0. The van der Waals surface area contributed by atoms with E-state index in [-0.39, 0.29) is 11.6 Å². The number of nitro groups is 1. The molecule has 1 saturated heterocycles. The van der Waals surface area contributed by atoms with E-state index in [0.29, 0.717) is 22.5 Å². The van der Waals surface area contributed by atoms with Crippen molar-refractivity contribution in [1.82, 2.24) is 10.2 Å². The summed E-state index contributed by atoms with van der Waals surface area (Å²) in [5, 5.41) is 21.3. The Kier molecular flexibility index (Phi) is 6.20. The van der Waals surface area contributed by atoms with Gasteiger partial charge in [0.1, 0.15) is 0 Å². The first-order valence-electron chi connectivity index (χ1n) is 12.8. The topological polar surface area (TPSA) is 99.5 Å². The molecule has 0 aliphatic carbocycles. The van der Waals surface area contributed by atoms with E-state index < -0.39 is 4.92 Å². The summed E-state index contributed by atoms with van der Waals surface area (Å²) in [5.74, 6) is -0.277. The van der Waals surface area contributed by atoms with Crippen molar-refractivity contribution in [3.8, 4) is 0 Å². The van der Waals surface area contributed by atoms with Gasteiger partial charge in [-0.3, -0.25) is 19.8 Å². The third-order valence-corrected chi connectivity index (χ3v) is 7.42. The maximum Gasteiger partial charge on any atom is 0.270 e. The molecule has 8 heteroatoms. The van der Waals surface area contributed by atoms with Crippen LogP contribution in [0.15, 0.2) is 60.7 Å². The first-order valence-corrected chi connectivity index (χ1v) is 12.8. The average molecular weight is 496 g/mol. The highest BCUT2D eigenvalue weighted by Gasteiger charge is 2.30. The van der Waals surface area contributed by atoms with Crippen LogP contribution in [0.1, 0.15) is 40.7 Å². The van der Waals surface area contributed by atoms with Crippen molar-refractivity contribution < 1.29 is 9.72 Å². The lowest BCUT2D eigenvalue weighted by molar-refractivity contribution is -0.384. The molecule has 3 N–H and O–H groups in total. The van der Waals surface area contributed by atoms with Crippen LogP contribution in [0.4, 0.5) is 17.1 Å². The summed E-state index contributed by atoms with van der Waals surface area (Å²) in [5.41, 5.74) is 7.63. The summed E-state index contributed by atoms with van der Waals surface area (Å²) in [6.07, 6.45) is 3.43. The molecule has 0 aromatic heterocycles. The number of carbonyl (C=O) groups is 1. The van der Waals surface area contributed by atoms with Gasteiger partial charge in [-0.05, 0) is 79.3 Å². The number of non-ortho nitro benzene ring substituents is 1. The molecule has 188 valence electrons. The lowest BCUT2D eigenvalue weighted by atomic mass is 9.97. The number of likely N-dealkylation sites (tertiary alicyclic amines) is 1. The van der Waals surface area contributed by atoms with Crippen LogP contribution in [0.25, 0.3) is 11.3 Å². The average Bonchev–Trinajstić information content (AvgIpc) is 3.54. The Bertz CT molecular complexity index is 1410. The van der Waals surface area contributed by atoms with Gasteiger partial charge in [-0.2, -0.15) is 0 Å². The van der Waals surface area contributed by atoms with Gasteiger partial charge in [0.2, 0.25) is 0 Å². The first kappa shape index (κ1) is 23.4. The molecule has 3 aromatic carbocycles. The SMILES string of the molecule is O=C1Nc2ccc([N+](=O)[O-])cc2C1=C(Nc1ccc2c(c1)CCNC2)c1ccc(CN2CCCC2)cc1. The smallest absolute Gasteiger partial charge is 0.270 e. The predicted octanol–water partition coefficient (Wildman–Crippen LogP) is 4.77. The highest BCUT2D eigenvalue weighted by atomic mass is 16.6. The fourth-order valence-corrected chi connectivity index (χ4v) is 5.47. The molecule has 3 heterocycles. The Balaban J connectivity index is 1.43. The highest BCUT2D eigenvalue weighted by molar-refractivity contribution is 6.37. The molecule has 1 fully saturated rings. The van der Waals surface area contributed by atoms with Gasteiger partial charge in [0.15, 0.2) is 0 Å². The fourth-order valence-electron chi connectivity index (χ4n) is 5.47. The number of fused-ring (bicyclic) bond motifs is 2. The zero-order chi connectivity index (χ0) is 25.4. The lowest BCUT2D eigenvalue weighted by Gasteiger charge is -2.20. The van der Waals surface area contributed by atoms with Crippen molar-refractivity contribution in [3.05, 3.63) is 98.6 Å². The van der Waals surface area contributed by atoms with E-state index in [1.54, 1.807) is 6.07 Å². The minimum absolute atomic E-state index is 0.0469. The van der Waals surface area contributed by atoms with Crippen LogP contribution < -0.4 is 16.0 Å². The molecule has 8 nitrogen and oxygen atoms in total. The fraction of sp³-hybridized carbons (Fsp3) is 0.276. The zero-order valence-corrected chi connectivity index (χ0v) is 20.5. The third-order valence-electron chi connectivity index (χ3n) is 7.42. The number of hydrogen-bond acceptors (Lipinski definition) is 6. The van der Waals surface area contributed by atoms with E-state index in [1.807, 2.05) is 18.2 Å². The second-order valence-electron chi connectivity index (χ2n) is 9.91. The summed E-state index contributed by atoms with van der Waals surface area (Å²) in [7, 11) is 0. The van der Waals surface area contributed by atoms with Gasteiger partial charge < -0.3 is 16.0 Å². The van der Waals surface area contributed by atoms with Gasteiger partial charge in [-0.1, -0.05) is 30.3 Å². The first-order chi connectivity index (χ1) is 18.0. The number of benzene rings is 3. The van der Waals surface area contributed by atoms with Gasteiger partial charge in [-0.25, -0.2) is 0 Å². The van der Waals surface area contributed by atoms with Crippen molar-refractivity contribution in [2.75, 3.05) is 30.3 Å². The molecular formula is C29H29N5O3. The molecule has 0 saturated carbocycles. The minimum atomic E-state index is -0.432. The van der Waals surface area contributed by atoms with Crippen LogP contribution in [-0.4, -0.2) is 35.4 Å². The lowest BCUT2D eigenvalue weighted by Crippen LogP contribution is -2.23. The third kappa shape index (κ3) is 4.73. The second-order valence-corrected chi connectivity index (χ2v) is 9.91. The summed E-state index contributed by atoms with van der Waals surface area (Å²) < 4.78 is 0. The van der Waals surface area contributed by atoms with Gasteiger partial charge in [-0.15, -0.1) is 0 Å².